The summed E-state index contributed by atoms with van der Waals surface area (Å²) in [5, 5.41) is 29.6. The molecule has 1 amide bonds. The molecular formula is C30H27BFNO4. The topological polar surface area (TPSA) is 81.0 Å². The van der Waals surface area contributed by atoms with E-state index >= 15 is 0 Å². The number of amides is 1. The number of rotatable bonds is 8. The Morgan fingerprint density at radius 1 is 0.838 bits per heavy atom. The zero-order valence-corrected chi connectivity index (χ0v) is 20.1. The molecule has 1 aliphatic heterocycles. The second kappa shape index (κ2) is 10.7. The number of benzene rings is 4. The molecule has 1 heterocycles. The van der Waals surface area contributed by atoms with E-state index in [1.807, 2.05) is 60.7 Å². The molecule has 1 saturated heterocycles. The first-order valence-corrected chi connectivity index (χ1v) is 12.3. The molecule has 1 aliphatic rings. The van der Waals surface area contributed by atoms with Crippen LogP contribution in [0.25, 0.3) is 11.1 Å². The van der Waals surface area contributed by atoms with E-state index in [0.29, 0.717) is 23.9 Å². The first kappa shape index (κ1) is 24.9. The van der Waals surface area contributed by atoms with Crippen LogP contribution >= 0.6 is 0 Å². The van der Waals surface area contributed by atoms with Crippen LogP contribution in [-0.4, -0.2) is 28.2 Å². The largest absolute Gasteiger partial charge is 0.488 e. The molecule has 7 heteroatoms. The van der Waals surface area contributed by atoms with Crippen molar-refractivity contribution in [3.05, 3.63) is 120 Å². The van der Waals surface area contributed by atoms with Crippen molar-refractivity contribution in [3.8, 4) is 11.1 Å². The number of hydrogen-bond acceptors (Lipinski definition) is 4. The van der Waals surface area contributed by atoms with Gasteiger partial charge >= 0.3 is 7.12 Å². The van der Waals surface area contributed by atoms with Gasteiger partial charge in [0.1, 0.15) is 5.82 Å². The van der Waals surface area contributed by atoms with Crippen molar-refractivity contribution in [2.24, 2.45) is 5.92 Å². The summed E-state index contributed by atoms with van der Waals surface area (Å²) in [4.78, 5) is 15.1. The number of halogens is 1. The van der Waals surface area contributed by atoms with Crippen LogP contribution < -0.4 is 10.4 Å². The molecule has 4 aromatic rings. The number of hydrogen-bond donors (Lipinski definition) is 3. The van der Waals surface area contributed by atoms with Crippen molar-refractivity contribution < 1.29 is 24.3 Å². The molecule has 0 radical (unpaired) electrons. The van der Waals surface area contributed by atoms with E-state index in [0.717, 1.165) is 22.4 Å². The number of aliphatic hydroxyl groups excluding tert-OH is 1. The van der Waals surface area contributed by atoms with E-state index < -0.39 is 13.2 Å². The van der Waals surface area contributed by atoms with Gasteiger partial charge in [0, 0.05) is 5.69 Å². The van der Waals surface area contributed by atoms with Gasteiger partial charge in [-0.15, -0.1) is 0 Å². The fraction of sp³-hybridized carbons (Fsp3) is 0.167. The van der Waals surface area contributed by atoms with Crippen LogP contribution in [0.5, 0.6) is 0 Å². The van der Waals surface area contributed by atoms with Crippen molar-refractivity contribution in [3.63, 3.8) is 0 Å². The number of carbonyl (C=O) groups is 1. The Morgan fingerprint density at radius 3 is 2.22 bits per heavy atom. The highest BCUT2D eigenvalue weighted by atomic mass is 19.1. The van der Waals surface area contributed by atoms with E-state index in [2.05, 4.69) is 0 Å². The summed E-state index contributed by atoms with van der Waals surface area (Å²) in [5.41, 5.74) is 4.63. The Hall–Kier alpha value is -3.78. The molecule has 3 N–H and O–H groups in total. The number of para-hydroxylation sites is 1. The van der Waals surface area contributed by atoms with Gasteiger partial charge in [0.05, 0.1) is 18.1 Å². The van der Waals surface area contributed by atoms with Crippen LogP contribution in [0.3, 0.4) is 0 Å². The molecule has 5 rings (SSSR count). The average Bonchev–Trinajstić information content (AvgIpc) is 2.92. The second-order valence-electron chi connectivity index (χ2n) is 9.36. The lowest BCUT2D eigenvalue weighted by Crippen LogP contribution is -2.55. The van der Waals surface area contributed by atoms with Crippen LogP contribution in [0.2, 0.25) is 0 Å². The normalized spacial score (nSPS) is 17.8. The summed E-state index contributed by atoms with van der Waals surface area (Å²) < 4.78 is 13.3. The van der Waals surface area contributed by atoms with E-state index in [9.17, 15) is 24.3 Å². The Balaban J connectivity index is 1.39. The Kier molecular flexibility index (Phi) is 7.19. The van der Waals surface area contributed by atoms with Gasteiger partial charge in [-0.05, 0) is 64.8 Å². The van der Waals surface area contributed by atoms with Gasteiger partial charge in [0.25, 0.3) is 0 Å². The predicted molar refractivity (Wildman–Crippen MR) is 142 cm³/mol. The third-order valence-electron chi connectivity index (χ3n) is 7.02. The number of aliphatic hydroxyl groups is 1. The first-order chi connectivity index (χ1) is 17.9. The lowest BCUT2D eigenvalue weighted by atomic mass is 9.77. The quantitative estimate of drug-likeness (QED) is 0.250. The minimum absolute atomic E-state index is 0.0104. The smallest absolute Gasteiger partial charge is 0.423 e. The molecule has 1 fully saturated rings. The Morgan fingerprint density at radius 2 is 1.54 bits per heavy atom. The highest BCUT2D eigenvalue weighted by Crippen LogP contribution is 2.46. The SMILES string of the molecule is O=C1C(CCC(O)c2ccc(F)cc2)C(c2ccc(-c3cccc(B(O)O)c3)cc2)N1c1ccccc1. The predicted octanol–water partition coefficient (Wildman–Crippen LogP) is 4.39. The Bertz CT molecular complexity index is 1360. The molecule has 37 heavy (non-hydrogen) atoms. The van der Waals surface area contributed by atoms with Crippen molar-refractivity contribution in [1.29, 1.82) is 0 Å². The molecule has 0 aromatic heterocycles. The van der Waals surface area contributed by atoms with Crippen LogP contribution in [-0.2, 0) is 4.79 Å². The summed E-state index contributed by atoms with van der Waals surface area (Å²) in [7, 11) is -1.54. The third kappa shape index (κ3) is 5.20. The molecule has 0 bridgehead atoms. The number of β-lactam (4-membered cyclic amide) rings is 1. The van der Waals surface area contributed by atoms with Crippen LogP contribution in [0, 0.1) is 11.7 Å². The summed E-state index contributed by atoms with van der Waals surface area (Å²) in [6.07, 6.45) is 0.0929. The van der Waals surface area contributed by atoms with Gasteiger partial charge in [0.15, 0.2) is 0 Å². The Labute approximate surface area is 215 Å². The molecule has 3 unspecified atom stereocenters. The summed E-state index contributed by atoms with van der Waals surface area (Å²) >= 11 is 0. The minimum Gasteiger partial charge on any atom is -0.423 e. The number of carbonyl (C=O) groups excluding carboxylic acids is 1. The van der Waals surface area contributed by atoms with E-state index in [1.165, 1.54) is 12.1 Å². The van der Waals surface area contributed by atoms with Crippen molar-refractivity contribution in [2.45, 2.75) is 25.0 Å². The molecule has 5 nitrogen and oxygen atoms in total. The maximum absolute atomic E-state index is 13.3. The van der Waals surface area contributed by atoms with Crippen LogP contribution in [0.15, 0.2) is 103 Å². The van der Waals surface area contributed by atoms with Gasteiger partial charge < -0.3 is 20.1 Å². The van der Waals surface area contributed by atoms with Gasteiger partial charge in [0.2, 0.25) is 5.91 Å². The fourth-order valence-corrected chi connectivity index (χ4v) is 5.03. The standard InChI is InChI=1S/C30H27BFNO4/c32-25-15-13-21(14-16-25)28(34)18-17-27-29(33(30(27)35)26-7-2-1-3-8-26)22-11-9-20(10-12-22)23-5-4-6-24(19-23)31(36)37/h1-16,19,27-29,34,36-37H,17-18H2. The average molecular weight is 495 g/mol. The third-order valence-corrected chi connectivity index (χ3v) is 7.02. The van der Waals surface area contributed by atoms with E-state index in [4.69, 9.17) is 0 Å². The first-order valence-electron chi connectivity index (χ1n) is 12.3. The van der Waals surface area contributed by atoms with Crippen molar-refractivity contribution in [2.75, 3.05) is 4.90 Å². The second-order valence-corrected chi connectivity index (χ2v) is 9.36. The van der Waals surface area contributed by atoms with Gasteiger partial charge in [-0.3, -0.25) is 4.79 Å². The molecule has 0 spiro atoms. The van der Waals surface area contributed by atoms with E-state index in [-0.39, 0.29) is 23.7 Å². The highest BCUT2D eigenvalue weighted by molar-refractivity contribution is 6.58. The zero-order valence-electron chi connectivity index (χ0n) is 20.1. The summed E-state index contributed by atoms with van der Waals surface area (Å²) in [5.74, 6) is -0.642. The van der Waals surface area contributed by atoms with Crippen LogP contribution in [0.4, 0.5) is 10.1 Å². The minimum atomic E-state index is -1.54. The lowest BCUT2D eigenvalue weighted by Gasteiger charge is -2.48. The van der Waals surface area contributed by atoms with Gasteiger partial charge in [-0.2, -0.15) is 0 Å². The molecule has 0 aliphatic carbocycles. The fourth-order valence-electron chi connectivity index (χ4n) is 5.03. The van der Waals surface area contributed by atoms with Gasteiger partial charge in [-0.1, -0.05) is 78.9 Å². The van der Waals surface area contributed by atoms with Crippen molar-refractivity contribution >= 4 is 24.2 Å². The molecule has 186 valence electrons. The molecule has 4 aromatic carbocycles. The maximum Gasteiger partial charge on any atom is 0.488 e. The number of anilines is 1. The molecular weight excluding hydrogens is 468 g/mol. The van der Waals surface area contributed by atoms with Gasteiger partial charge in [-0.25, -0.2) is 4.39 Å². The highest BCUT2D eigenvalue weighted by Gasteiger charge is 2.48. The maximum atomic E-state index is 13.3. The van der Waals surface area contributed by atoms with Crippen LogP contribution in [0.1, 0.15) is 36.1 Å². The van der Waals surface area contributed by atoms with E-state index in [1.54, 1.807) is 35.2 Å². The molecule has 0 saturated carbocycles. The zero-order chi connectivity index (χ0) is 25.9. The lowest BCUT2D eigenvalue weighted by molar-refractivity contribution is -0.131. The summed E-state index contributed by atoms with van der Waals surface area (Å²) in [6, 6.07) is 30.1. The van der Waals surface area contributed by atoms with Crippen molar-refractivity contribution in [1.82, 2.24) is 0 Å². The summed E-state index contributed by atoms with van der Waals surface area (Å²) in [6.45, 7) is 0. The number of nitrogens with zero attached hydrogens (tertiary/aromatic N) is 1. The molecule has 3 atom stereocenters. The monoisotopic (exact) mass is 495 g/mol.